The highest BCUT2D eigenvalue weighted by molar-refractivity contribution is 6.22. The van der Waals surface area contributed by atoms with Gasteiger partial charge in [0.15, 0.2) is 0 Å². The third kappa shape index (κ3) is 3.29. The monoisotopic (exact) mass is 412 g/mol. The second-order valence-corrected chi connectivity index (χ2v) is 6.96. The summed E-state index contributed by atoms with van der Waals surface area (Å²) < 4.78 is 6.72. The van der Waals surface area contributed by atoms with E-state index in [0.717, 1.165) is 16.2 Å². The van der Waals surface area contributed by atoms with E-state index in [4.69, 9.17) is 4.42 Å². The molecule has 1 N–H and O–H groups in total. The topological polar surface area (TPSA) is 97.4 Å². The SMILES string of the molecule is O=C(CN1C(=O)c2ccccc2C1=O)Nc1cc(-c2ccoc2)nn1-c1ccccc1. The molecule has 3 amide bonds. The first-order valence-electron chi connectivity index (χ1n) is 9.55. The van der Waals surface area contributed by atoms with Gasteiger partial charge < -0.3 is 9.73 Å². The summed E-state index contributed by atoms with van der Waals surface area (Å²) in [6.45, 7) is -0.395. The van der Waals surface area contributed by atoms with Crippen LogP contribution in [0.15, 0.2) is 83.7 Å². The van der Waals surface area contributed by atoms with Crippen LogP contribution in [0.2, 0.25) is 0 Å². The largest absolute Gasteiger partial charge is 0.472 e. The fraction of sp³-hybridized carbons (Fsp3) is 0.0435. The summed E-state index contributed by atoms with van der Waals surface area (Å²) in [5.74, 6) is -1.06. The second kappa shape index (κ2) is 7.42. The highest BCUT2D eigenvalue weighted by Gasteiger charge is 2.36. The van der Waals surface area contributed by atoms with E-state index >= 15 is 0 Å². The Morgan fingerprint density at radius 3 is 2.26 bits per heavy atom. The van der Waals surface area contributed by atoms with Gasteiger partial charge in [0.25, 0.3) is 11.8 Å². The van der Waals surface area contributed by atoms with E-state index in [-0.39, 0.29) is 0 Å². The summed E-state index contributed by atoms with van der Waals surface area (Å²) in [7, 11) is 0. The zero-order chi connectivity index (χ0) is 21.4. The summed E-state index contributed by atoms with van der Waals surface area (Å²) >= 11 is 0. The predicted molar refractivity (Wildman–Crippen MR) is 112 cm³/mol. The van der Waals surface area contributed by atoms with Crippen molar-refractivity contribution in [2.45, 2.75) is 0 Å². The summed E-state index contributed by atoms with van der Waals surface area (Å²) in [5, 5.41) is 7.34. The van der Waals surface area contributed by atoms with Crippen molar-refractivity contribution in [2.24, 2.45) is 0 Å². The third-order valence-electron chi connectivity index (χ3n) is 4.97. The number of carbonyl (C=O) groups excluding carboxylic acids is 3. The quantitative estimate of drug-likeness (QED) is 0.507. The zero-order valence-corrected chi connectivity index (χ0v) is 16.2. The Hall–Kier alpha value is -4.46. The van der Waals surface area contributed by atoms with Crippen molar-refractivity contribution in [2.75, 3.05) is 11.9 Å². The zero-order valence-electron chi connectivity index (χ0n) is 16.2. The number of para-hydroxylation sites is 1. The minimum Gasteiger partial charge on any atom is -0.472 e. The number of amides is 3. The lowest BCUT2D eigenvalue weighted by Gasteiger charge is -2.14. The number of rotatable bonds is 5. The van der Waals surface area contributed by atoms with Crippen LogP contribution in [0.5, 0.6) is 0 Å². The lowest BCUT2D eigenvalue weighted by atomic mass is 10.1. The maximum atomic E-state index is 12.8. The number of carbonyl (C=O) groups is 3. The first-order chi connectivity index (χ1) is 15.1. The van der Waals surface area contributed by atoms with Gasteiger partial charge in [0.2, 0.25) is 5.91 Å². The van der Waals surface area contributed by atoms with E-state index in [9.17, 15) is 14.4 Å². The van der Waals surface area contributed by atoms with Crippen LogP contribution in [-0.2, 0) is 4.79 Å². The number of benzene rings is 2. The standard InChI is InChI=1S/C23H16N4O4/c28-21(13-26-22(29)17-8-4-5-9-18(17)23(26)30)24-20-12-19(15-10-11-31-14-15)25-27(20)16-6-2-1-3-7-16/h1-12,14H,13H2,(H,24,28). The van der Waals surface area contributed by atoms with E-state index < -0.39 is 24.3 Å². The number of hydrogen-bond donors (Lipinski definition) is 1. The molecule has 0 aliphatic carbocycles. The second-order valence-electron chi connectivity index (χ2n) is 6.96. The molecule has 0 unspecified atom stereocenters. The molecule has 31 heavy (non-hydrogen) atoms. The molecule has 0 saturated heterocycles. The minimum absolute atomic E-state index is 0.303. The smallest absolute Gasteiger partial charge is 0.262 e. The van der Waals surface area contributed by atoms with E-state index in [1.54, 1.807) is 47.3 Å². The normalized spacial score (nSPS) is 12.8. The molecule has 1 aliphatic rings. The Kier molecular flexibility index (Phi) is 4.44. The number of furan rings is 1. The van der Waals surface area contributed by atoms with E-state index in [2.05, 4.69) is 10.4 Å². The molecular weight excluding hydrogens is 396 g/mol. The van der Waals surface area contributed by atoms with Crippen LogP contribution in [0.25, 0.3) is 16.9 Å². The van der Waals surface area contributed by atoms with Crippen molar-refractivity contribution >= 4 is 23.5 Å². The number of hydrogen-bond acceptors (Lipinski definition) is 5. The molecule has 0 atom stereocenters. The average molecular weight is 412 g/mol. The Balaban J connectivity index is 1.41. The molecule has 8 heteroatoms. The predicted octanol–water partition coefficient (Wildman–Crippen LogP) is 3.37. The Bertz CT molecular complexity index is 1260. The highest BCUT2D eigenvalue weighted by Crippen LogP contribution is 2.26. The van der Waals surface area contributed by atoms with E-state index in [0.29, 0.717) is 22.6 Å². The van der Waals surface area contributed by atoms with Crippen LogP contribution in [0.1, 0.15) is 20.7 Å². The molecule has 4 aromatic rings. The number of anilines is 1. The molecule has 0 bridgehead atoms. The maximum Gasteiger partial charge on any atom is 0.262 e. The fourth-order valence-electron chi connectivity index (χ4n) is 3.50. The van der Waals surface area contributed by atoms with Crippen molar-refractivity contribution in [3.63, 3.8) is 0 Å². The van der Waals surface area contributed by atoms with Crippen molar-refractivity contribution in [1.82, 2.24) is 14.7 Å². The van der Waals surface area contributed by atoms with E-state index in [1.807, 2.05) is 30.3 Å². The first-order valence-corrected chi connectivity index (χ1v) is 9.55. The first kappa shape index (κ1) is 18.6. The average Bonchev–Trinajstić information content (AvgIpc) is 3.51. The summed E-state index contributed by atoms with van der Waals surface area (Å²) in [5.41, 5.74) is 2.71. The van der Waals surface area contributed by atoms with Crippen molar-refractivity contribution in [3.8, 4) is 16.9 Å². The van der Waals surface area contributed by atoms with Crippen LogP contribution >= 0.6 is 0 Å². The highest BCUT2D eigenvalue weighted by atomic mass is 16.3. The van der Waals surface area contributed by atoms with Gasteiger partial charge >= 0.3 is 0 Å². The van der Waals surface area contributed by atoms with Crippen molar-refractivity contribution in [3.05, 3.63) is 90.4 Å². The van der Waals surface area contributed by atoms with Gasteiger partial charge in [0, 0.05) is 11.6 Å². The van der Waals surface area contributed by atoms with Crippen LogP contribution < -0.4 is 5.32 Å². The number of fused-ring (bicyclic) bond motifs is 1. The summed E-state index contributed by atoms with van der Waals surface area (Å²) in [6, 6.07) is 19.3. The Morgan fingerprint density at radius 1 is 0.935 bits per heavy atom. The molecular formula is C23H16N4O4. The third-order valence-corrected chi connectivity index (χ3v) is 4.97. The number of nitrogens with zero attached hydrogens (tertiary/aromatic N) is 3. The van der Waals surface area contributed by atoms with Gasteiger partial charge in [-0.05, 0) is 30.3 Å². The molecule has 0 saturated carbocycles. The van der Waals surface area contributed by atoms with Gasteiger partial charge in [-0.15, -0.1) is 0 Å². The van der Waals surface area contributed by atoms with Gasteiger partial charge in [0.1, 0.15) is 12.4 Å². The van der Waals surface area contributed by atoms with Crippen molar-refractivity contribution in [1.29, 1.82) is 0 Å². The van der Waals surface area contributed by atoms with Crippen LogP contribution in [0.3, 0.4) is 0 Å². The van der Waals surface area contributed by atoms with E-state index in [1.165, 1.54) is 6.26 Å². The summed E-state index contributed by atoms with van der Waals surface area (Å²) in [4.78, 5) is 38.8. The Labute approximate surface area is 176 Å². The molecule has 0 radical (unpaired) electrons. The lowest BCUT2D eigenvalue weighted by molar-refractivity contribution is -0.116. The summed E-state index contributed by atoms with van der Waals surface area (Å²) in [6.07, 6.45) is 3.10. The van der Waals surface area contributed by atoms with Crippen LogP contribution in [0.4, 0.5) is 5.82 Å². The molecule has 0 fully saturated rings. The molecule has 8 nitrogen and oxygen atoms in total. The molecule has 152 valence electrons. The molecule has 2 aromatic heterocycles. The number of imide groups is 1. The maximum absolute atomic E-state index is 12.8. The van der Waals surface area contributed by atoms with Crippen LogP contribution in [-0.4, -0.2) is 38.9 Å². The van der Waals surface area contributed by atoms with Crippen LogP contribution in [0, 0.1) is 0 Å². The molecule has 5 rings (SSSR count). The number of aromatic nitrogens is 2. The van der Waals surface area contributed by atoms with Gasteiger partial charge in [-0.3, -0.25) is 19.3 Å². The van der Waals surface area contributed by atoms with Crippen molar-refractivity contribution < 1.29 is 18.8 Å². The molecule has 2 aromatic carbocycles. The minimum atomic E-state index is -0.509. The lowest BCUT2D eigenvalue weighted by Crippen LogP contribution is -2.37. The molecule has 0 spiro atoms. The van der Waals surface area contributed by atoms with Gasteiger partial charge in [0.05, 0.1) is 35.0 Å². The van der Waals surface area contributed by atoms with Gasteiger partial charge in [-0.1, -0.05) is 30.3 Å². The van der Waals surface area contributed by atoms with Gasteiger partial charge in [-0.2, -0.15) is 5.10 Å². The Morgan fingerprint density at radius 2 is 1.61 bits per heavy atom. The molecule has 1 aliphatic heterocycles. The fourth-order valence-corrected chi connectivity index (χ4v) is 3.50. The molecule has 3 heterocycles. The van der Waals surface area contributed by atoms with Gasteiger partial charge in [-0.25, -0.2) is 4.68 Å². The number of nitrogens with one attached hydrogen (secondary N) is 1.